The van der Waals surface area contributed by atoms with Gasteiger partial charge >= 0.3 is 0 Å². The summed E-state index contributed by atoms with van der Waals surface area (Å²) in [4.78, 5) is 38.3. The van der Waals surface area contributed by atoms with Crippen LogP contribution < -0.4 is 5.32 Å². The number of hydrogen-bond donors (Lipinski definition) is 1. The largest absolute Gasteiger partial charge is 0.339 e. The Balaban J connectivity index is 1.58. The van der Waals surface area contributed by atoms with Gasteiger partial charge in [-0.05, 0) is 44.4 Å². The number of anilines is 1. The number of rotatable bonds is 5. The van der Waals surface area contributed by atoms with Crippen molar-refractivity contribution in [1.29, 1.82) is 0 Å². The number of aromatic nitrogens is 3. The van der Waals surface area contributed by atoms with Crippen molar-refractivity contribution in [3.63, 3.8) is 0 Å². The van der Waals surface area contributed by atoms with E-state index in [9.17, 15) is 19.7 Å². The quantitative estimate of drug-likeness (QED) is 0.485. The van der Waals surface area contributed by atoms with E-state index in [0.29, 0.717) is 35.7 Å². The highest BCUT2D eigenvalue weighted by molar-refractivity contribution is 6.08. The fourth-order valence-electron chi connectivity index (χ4n) is 3.75. The van der Waals surface area contributed by atoms with E-state index in [2.05, 4.69) is 15.6 Å². The van der Waals surface area contributed by atoms with Crippen LogP contribution in [0.25, 0.3) is 5.69 Å². The molecule has 2 heterocycles. The van der Waals surface area contributed by atoms with Crippen molar-refractivity contribution < 1.29 is 14.5 Å². The number of hydrogen-bond acceptors (Lipinski definition) is 6. The van der Waals surface area contributed by atoms with Gasteiger partial charge in [-0.25, -0.2) is 4.68 Å². The molecule has 0 saturated carbocycles. The normalized spacial score (nSPS) is 13.6. The molecular weight excluding hydrogens is 412 g/mol. The van der Waals surface area contributed by atoms with Gasteiger partial charge in [0.15, 0.2) is 5.69 Å². The van der Waals surface area contributed by atoms with Crippen LogP contribution in [0, 0.1) is 17.0 Å². The van der Waals surface area contributed by atoms with Gasteiger partial charge in [0.05, 0.1) is 27.6 Å². The van der Waals surface area contributed by atoms with Gasteiger partial charge in [-0.15, -0.1) is 5.10 Å². The number of nitro benzene ring substituents is 1. The molecule has 0 aliphatic carbocycles. The number of para-hydroxylation sites is 1. The summed E-state index contributed by atoms with van der Waals surface area (Å²) in [6, 6.07) is 12.8. The zero-order valence-electron chi connectivity index (χ0n) is 17.5. The van der Waals surface area contributed by atoms with Crippen LogP contribution in [0.15, 0.2) is 48.5 Å². The Kier molecular flexibility index (Phi) is 5.93. The van der Waals surface area contributed by atoms with Crippen LogP contribution >= 0.6 is 0 Å². The lowest BCUT2D eigenvalue weighted by molar-refractivity contribution is -0.384. The third kappa shape index (κ3) is 4.20. The third-order valence-corrected chi connectivity index (χ3v) is 5.44. The third-order valence-electron chi connectivity index (χ3n) is 5.44. The van der Waals surface area contributed by atoms with Gasteiger partial charge in [0.25, 0.3) is 17.5 Å². The molecule has 3 aromatic rings. The first-order chi connectivity index (χ1) is 15.5. The Labute approximate surface area is 184 Å². The van der Waals surface area contributed by atoms with E-state index in [4.69, 9.17) is 0 Å². The lowest BCUT2D eigenvalue weighted by Gasteiger charge is -2.27. The summed E-state index contributed by atoms with van der Waals surface area (Å²) in [6.45, 7) is 3.06. The van der Waals surface area contributed by atoms with Crippen LogP contribution in [0.1, 0.15) is 45.8 Å². The van der Waals surface area contributed by atoms with Crippen molar-refractivity contribution >= 4 is 23.2 Å². The second kappa shape index (κ2) is 8.96. The molecule has 0 unspecified atom stereocenters. The molecule has 10 nitrogen and oxygen atoms in total. The maximum atomic E-state index is 13.0. The predicted octanol–water partition coefficient (Wildman–Crippen LogP) is 3.36. The van der Waals surface area contributed by atoms with Crippen molar-refractivity contribution in [3.8, 4) is 5.69 Å². The topological polar surface area (TPSA) is 123 Å². The molecule has 1 saturated heterocycles. The zero-order chi connectivity index (χ0) is 22.7. The number of piperidine rings is 1. The van der Waals surface area contributed by atoms with E-state index in [0.717, 1.165) is 19.3 Å². The first-order valence-electron chi connectivity index (χ1n) is 10.3. The van der Waals surface area contributed by atoms with Gasteiger partial charge in [-0.1, -0.05) is 23.4 Å². The highest BCUT2D eigenvalue weighted by Crippen LogP contribution is 2.22. The molecule has 4 rings (SSSR count). The predicted molar refractivity (Wildman–Crippen MR) is 117 cm³/mol. The molecule has 1 aliphatic heterocycles. The molecule has 32 heavy (non-hydrogen) atoms. The second-order valence-corrected chi connectivity index (χ2v) is 7.56. The van der Waals surface area contributed by atoms with Crippen LogP contribution in [0.2, 0.25) is 0 Å². The Hall–Kier alpha value is -4.08. The van der Waals surface area contributed by atoms with Crippen molar-refractivity contribution in [2.45, 2.75) is 26.2 Å². The maximum Gasteiger partial charge on any atom is 0.278 e. The first kappa shape index (κ1) is 21.2. The highest BCUT2D eigenvalue weighted by atomic mass is 16.6. The lowest BCUT2D eigenvalue weighted by Crippen LogP contribution is -2.36. The Morgan fingerprint density at radius 1 is 1.06 bits per heavy atom. The molecule has 10 heteroatoms. The fourth-order valence-corrected chi connectivity index (χ4v) is 3.75. The number of benzene rings is 2. The number of carbonyl (C=O) groups excluding carboxylic acids is 2. The number of nitrogens with zero attached hydrogens (tertiary/aromatic N) is 5. The van der Waals surface area contributed by atoms with E-state index in [1.165, 1.54) is 22.9 Å². The Morgan fingerprint density at radius 3 is 2.56 bits per heavy atom. The fraction of sp³-hybridized carbons (Fsp3) is 0.273. The minimum Gasteiger partial charge on any atom is -0.339 e. The van der Waals surface area contributed by atoms with Gasteiger partial charge in [-0.2, -0.15) is 0 Å². The molecule has 0 atom stereocenters. The van der Waals surface area contributed by atoms with Gasteiger partial charge in [0.1, 0.15) is 0 Å². The number of likely N-dealkylation sites (tertiary alicyclic amines) is 1. The van der Waals surface area contributed by atoms with E-state index < -0.39 is 10.8 Å². The van der Waals surface area contributed by atoms with Crippen LogP contribution in [0.5, 0.6) is 0 Å². The molecule has 164 valence electrons. The average Bonchev–Trinajstić information content (AvgIpc) is 3.21. The van der Waals surface area contributed by atoms with Crippen molar-refractivity contribution in [2.24, 2.45) is 0 Å². The molecule has 1 aromatic heterocycles. The van der Waals surface area contributed by atoms with Crippen LogP contribution in [-0.2, 0) is 0 Å². The van der Waals surface area contributed by atoms with E-state index in [1.54, 1.807) is 42.2 Å². The number of non-ortho nitro benzene ring substituents is 1. The van der Waals surface area contributed by atoms with Gasteiger partial charge in [-0.3, -0.25) is 19.7 Å². The van der Waals surface area contributed by atoms with Gasteiger partial charge < -0.3 is 10.2 Å². The lowest BCUT2D eigenvalue weighted by atomic mass is 10.1. The molecule has 0 bridgehead atoms. The molecule has 2 aromatic carbocycles. The first-order valence-corrected chi connectivity index (χ1v) is 10.3. The molecule has 1 fully saturated rings. The summed E-state index contributed by atoms with van der Waals surface area (Å²) < 4.78 is 1.37. The summed E-state index contributed by atoms with van der Waals surface area (Å²) >= 11 is 0. The van der Waals surface area contributed by atoms with Crippen molar-refractivity contribution in [3.05, 3.63) is 75.6 Å². The summed E-state index contributed by atoms with van der Waals surface area (Å²) in [5.74, 6) is -0.629. The SMILES string of the molecule is Cc1c(C(=O)Nc2ccccc2C(=O)N2CCCCC2)nnn1-c1cccc([N+](=O)[O-])c1. The minimum absolute atomic E-state index is 0.0664. The van der Waals surface area contributed by atoms with Gasteiger partial charge in [0, 0.05) is 25.2 Å². The second-order valence-electron chi connectivity index (χ2n) is 7.56. The molecule has 1 aliphatic rings. The zero-order valence-corrected chi connectivity index (χ0v) is 17.5. The number of nitrogens with one attached hydrogen (secondary N) is 1. The smallest absolute Gasteiger partial charge is 0.278 e. The number of nitro groups is 1. The average molecular weight is 434 g/mol. The molecule has 2 amide bonds. The van der Waals surface area contributed by atoms with Crippen molar-refractivity contribution in [1.82, 2.24) is 19.9 Å². The molecular formula is C22H22N6O4. The maximum absolute atomic E-state index is 13.0. The Bertz CT molecular complexity index is 1180. The summed E-state index contributed by atoms with van der Waals surface area (Å²) in [5.41, 5.74) is 1.64. The number of carbonyl (C=O) groups is 2. The number of amides is 2. The Morgan fingerprint density at radius 2 is 1.81 bits per heavy atom. The standard InChI is InChI=1S/C22H22N6O4/c1-15-20(24-25-27(15)16-8-7-9-17(14-16)28(31)32)21(29)23-19-11-4-3-10-18(19)22(30)26-12-5-2-6-13-26/h3-4,7-11,14H,2,5-6,12-13H2,1H3,(H,23,29). The molecule has 1 N–H and O–H groups in total. The summed E-state index contributed by atoms with van der Waals surface area (Å²) in [7, 11) is 0. The molecule has 0 radical (unpaired) electrons. The van der Waals surface area contributed by atoms with E-state index in [-0.39, 0.29) is 17.3 Å². The molecule has 0 spiro atoms. The van der Waals surface area contributed by atoms with Crippen LogP contribution in [-0.4, -0.2) is 49.7 Å². The highest BCUT2D eigenvalue weighted by Gasteiger charge is 2.23. The van der Waals surface area contributed by atoms with Crippen LogP contribution in [0.3, 0.4) is 0 Å². The van der Waals surface area contributed by atoms with Crippen molar-refractivity contribution in [2.75, 3.05) is 18.4 Å². The van der Waals surface area contributed by atoms with Crippen LogP contribution in [0.4, 0.5) is 11.4 Å². The van der Waals surface area contributed by atoms with Gasteiger partial charge in [0.2, 0.25) is 0 Å². The van der Waals surface area contributed by atoms with E-state index >= 15 is 0 Å². The summed E-state index contributed by atoms with van der Waals surface area (Å²) in [6.07, 6.45) is 3.06. The minimum atomic E-state index is -0.516. The van der Waals surface area contributed by atoms with E-state index in [1.807, 2.05) is 0 Å². The summed E-state index contributed by atoms with van der Waals surface area (Å²) in [5, 5.41) is 21.8. The monoisotopic (exact) mass is 434 g/mol.